The van der Waals surface area contributed by atoms with E-state index in [1.165, 1.54) is 5.56 Å². The third-order valence-corrected chi connectivity index (χ3v) is 4.07. The molecule has 26 heavy (non-hydrogen) atoms. The second-order valence-electron chi connectivity index (χ2n) is 7.09. The van der Waals surface area contributed by atoms with Gasteiger partial charge in [0.05, 0.1) is 19.9 Å². The lowest BCUT2D eigenvalue weighted by molar-refractivity contribution is -0.122. The number of benzene rings is 2. The summed E-state index contributed by atoms with van der Waals surface area (Å²) in [6.45, 7) is 8.17. The molecule has 2 aromatic carbocycles. The van der Waals surface area contributed by atoms with Gasteiger partial charge in [0.25, 0.3) is 5.91 Å². The lowest BCUT2D eigenvalue weighted by Gasteiger charge is -2.20. The molecule has 0 fully saturated rings. The summed E-state index contributed by atoms with van der Waals surface area (Å²) in [6.07, 6.45) is -0.651. The van der Waals surface area contributed by atoms with E-state index in [1.807, 2.05) is 24.3 Å². The molecule has 5 heteroatoms. The summed E-state index contributed by atoms with van der Waals surface area (Å²) in [5, 5.41) is 2.82. The zero-order chi connectivity index (χ0) is 19.3. The molecule has 0 radical (unpaired) electrons. The van der Waals surface area contributed by atoms with Crippen LogP contribution in [0.5, 0.6) is 17.2 Å². The topological polar surface area (TPSA) is 56.8 Å². The SMILES string of the molecule is COc1ccc(NC(=O)[C@@H](C)Oc2ccc(C(C)(C)C)cc2)c(OC)c1. The highest BCUT2D eigenvalue weighted by molar-refractivity contribution is 5.95. The van der Waals surface area contributed by atoms with Crippen LogP contribution in [0.4, 0.5) is 5.69 Å². The Balaban J connectivity index is 2.04. The molecule has 0 aromatic heterocycles. The maximum atomic E-state index is 12.4. The molecule has 2 rings (SSSR count). The summed E-state index contributed by atoms with van der Waals surface area (Å²) in [5.41, 5.74) is 1.86. The Morgan fingerprint density at radius 2 is 1.58 bits per heavy atom. The van der Waals surface area contributed by atoms with E-state index < -0.39 is 6.10 Å². The van der Waals surface area contributed by atoms with Gasteiger partial charge in [0, 0.05) is 6.07 Å². The van der Waals surface area contributed by atoms with Crippen LogP contribution in [0.2, 0.25) is 0 Å². The molecule has 0 saturated carbocycles. The van der Waals surface area contributed by atoms with Crippen LogP contribution in [0.15, 0.2) is 42.5 Å². The van der Waals surface area contributed by atoms with Crippen molar-refractivity contribution in [2.45, 2.75) is 39.2 Å². The number of hydrogen-bond acceptors (Lipinski definition) is 4. The zero-order valence-corrected chi connectivity index (χ0v) is 16.3. The largest absolute Gasteiger partial charge is 0.497 e. The number of carbonyl (C=O) groups is 1. The van der Waals surface area contributed by atoms with Crippen molar-refractivity contribution < 1.29 is 19.0 Å². The van der Waals surface area contributed by atoms with Crippen molar-refractivity contribution in [2.75, 3.05) is 19.5 Å². The van der Waals surface area contributed by atoms with Gasteiger partial charge in [-0.1, -0.05) is 32.9 Å². The third-order valence-electron chi connectivity index (χ3n) is 4.07. The Hall–Kier alpha value is -2.69. The molecule has 1 amide bonds. The zero-order valence-electron chi connectivity index (χ0n) is 16.3. The number of ether oxygens (including phenoxy) is 3. The van der Waals surface area contributed by atoms with Crippen LogP contribution in [-0.2, 0) is 10.2 Å². The minimum atomic E-state index is -0.651. The van der Waals surface area contributed by atoms with Gasteiger partial charge in [-0.05, 0) is 42.2 Å². The molecule has 0 saturated heterocycles. The predicted molar refractivity (Wildman–Crippen MR) is 103 cm³/mol. The third kappa shape index (κ3) is 4.91. The molecular formula is C21H27NO4. The Kier molecular flexibility index (Phi) is 6.14. The number of anilines is 1. The normalized spacial score (nSPS) is 12.2. The molecule has 0 heterocycles. The van der Waals surface area contributed by atoms with Crippen molar-refractivity contribution >= 4 is 11.6 Å². The number of nitrogens with one attached hydrogen (secondary N) is 1. The fourth-order valence-electron chi connectivity index (χ4n) is 2.43. The molecule has 1 atom stereocenters. The van der Waals surface area contributed by atoms with Gasteiger partial charge in [0.2, 0.25) is 0 Å². The monoisotopic (exact) mass is 357 g/mol. The summed E-state index contributed by atoms with van der Waals surface area (Å²) in [7, 11) is 3.12. The molecule has 0 bridgehead atoms. The average Bonchev–Trinajstić information content (AvgIpc) is 2.61. The first-order chi connectivity index (χ1) is 12.2. The van der Waals surface area contributed by atoms with E-state index >= 15 is 0 Å². The minimum Gasteiger partial charge on any atom is -0.497 e. The van der Waals surface area contributed by atoms with Crippen molar-refractivity contribution in [3.05, 3.63) is 48.0 Å². The van der Waals surface area contributed by atoms with Gasteiger partial charge < -0.3 is 19.5 Å². The Morgan fingerprint density at radius 1 is 0.962 bits per heavy atom. The number of hydrogen-bond donors (Lipinski definition) is 1. The molecule has 5 nitrogen and oxygen atoms in total. The van der Waals surface area contributed by atoms with Crippen LogP contribution in [0.3, 0.4) is 0 Å². The quantitative estimate of drug-likeness (QED) is 0.832. The second kappa shape index (κ2) is 8.13. The fourth-order valence-corrected chi connectivity index (χ4v) is 2.43. The van der Waals surface area contributed by atoms with Crippen LogP contribution in [0, 0.1) is 0 Å². The van der Waals surface area contributed by atoms with Gasteiger partial charge in [0.1, 0.15) is 17.2 Å². The molecule has 140 valence electrons. The van der Waals surface area contributed by atoms with E-state index in [-0.39, 0.29) is 11.3 Å². The number of methoxy groups -OCH3 is 2. The van der Waals surface area contributed by atoms with E-state index in [1.54, 1.807) is 39.3 Å². The molecular weight excluding hydrogens is 330 g/mol. The Bertz CT molecular complexity index is 748. The standard InChI is InChI=1S/C21H27NO4/c1-14(26-16-9-7-15(8-10-16)21(2,3)4)20(23)22-18-12-11-17(24-5)13-19(18)25-6/h7-14H,1-6H3,(H,22,23)/t14-/m1/s1. The minimum absolute atomic E-state index is 0.0758. The lowest BCUT2D eigenvalue weighted by atomic mass is 9.87. The van der Waals surface area contributed by atoms with E-state index in [0.717, 1.165) is 0 Å². The molecule has 2 aromatic rings. The molecule has 0 aliphatic heterocycles. The van der Waals surface area contributed by atoms with Crippen LogP contribution in [0.1, 0.15) is 33.3 Å². The van der Waals surface area contributed by atoms with Gasteiger partial charge in [0.15, 0.2) is 6.10 Å². The van der Waals surface area contributed by atoms with Crippen molar-refractivity contribution in [3.63, 3.8) is 0 Å². The van der Waals surface area contributed by atoms with E-state index in [2.05, 4.69) is 26.1 Å². The van der Waals surface area contributed by atoms with Crippen molar-refractivity contribution in [1.82, 2.24) is 0 Å². The highest BCUT2D eigenvalue weighted by Gasteiger charge is 2.18. The average molecular weight is 357 g/mol. The summed E-state index contributed by atoms with van der Waals surface area (Å²) in [6, 6.07) is 13.0. The Labute approximate surface area is 155 Å². The highest BCUT2D eigenvalue weighted by atomic mass is 16.5. The molecule has 0 aliphatic carbocycles. The lowest BCUT2D eigenvalue weighted by Crippen LogP contribution is -2.30. The van der Waals surface area contributed by atoms with E-state index in [0.29, 0.717) is 22.9 Å². The van der Waals surface area contributed by atoms with Gasteiger partial charge in [-0.25, -0.2) is 0 Å². The van der Waals surface area contributed by atoms with Crippen molar-refractivity contribution in [1.29, 1.82) is 0 Å². The van der Waals surface area contributed by atoms with Gasteiger partial charge in [-0.3, -0.25) is 4.79 Å². The van der Waals surface area contributed by atoms with Crippen LogP contribution < -0.4 is 19.5 Å². The maximum absolute atomic E-state index is 12.4. The molecule has 0 spiro atoms. The second-order valence-corrected chi connectivity index (χ2v) is 7.09. The van der Waals surface area contributed by atoms with Crippen LogP contribution >= 0.6 is 0 Å². The van der Waals surface area contributed by atoms with Gasteiger partial charge in [-0.2, -0.15) is 0 Å². The first kappa shape index (κ1) is 19.6. The predicted octanol–water partition coefficient (Wildman–Crippen LogP) is 4.41. The fraction of sp³-hybridized carbons (Fsp3) is 0.381. The number of amides is 1. The molecule has 0 aliphatic rings. The highest BCUT2D eigenvalue weighted by Crippen LogP contribution is 2.29. The van der Waals surface area contributed by atoms with Crippen LogP contribution in [-0.4, -0.2) is 26.2 Å². The maximum Gasteiger partial charge on any atom is 0.265 e. The summed E-state index contributed by atoms with van der Waals surface area (Å²) < 4.78 is 16.2. The molecule has 0 unspecified atom stereocenters. The van der Waals surface area contributed by atoms with Gasteiger partial charge >= 0.3 is 0 Å². The summed E-state index contributed by atoms with van der Waals surface area (Å²) in [5.74, 6) is 1.58. The number of rotatable bonds is 6. The van der Waals surface area contributed by atoms with Crippen molar-refractivity contribution in [2.24, 2.45) is 0 Å². The number of carbonyl (C=O) groups excluding carboxylic acids is 1. The summed E-state index contributed by atoms with van der Waals surface area (Å²) in [4.78, 5) is 12.4. The Morgan fingerprint density at radius 3 is 2.12 bits per heavy atom. The first-order valence-electron chi connectivity index (χ1n) is 8.54. The van der Waals surface area contributed by atoms with E-state index in [4.69, 9.17) is 14.2 Å². The first-order valence-corrected chi connectivity index (χ1v) is 8.54. The van der Waals surface area contributed by atoms with Crippen LogP contribution in [0.25, 0.3) is 0 Å². The van der Waals surface area contributed by atoms with Gasteiger partial charge in [-0.15, -0.1) is 0 Å². The molecule has 1 N–H and O–H groups in total. The smallest absolute Gasteiger partial charge is 0.265 e. The van der Waals surface area contributed by atoms with Crippen molar-refractivity contribution in [3.8, 4) is 17.2 Å². The van der Waals surface area contributed by atoms with E-state index in [9.17, 15) is 4.79 Å². The summed E-state index contributed by atoms with van der Waals surface area (Å²) >= 11 is 0.